The number of nitrogens with two attached hydrogens (primary N) is 3. The van der Waals surface area contributed by atoms with Crippen molar-refractivity contribution < 1.29 is 9.53 Å². The van der Waals surface area contributed by atoms with E-state index in [0.29, 0.717) is 0 Å². The molecular formula is C5H16N4O2. The summed E-state index contributed by atoms with van der Waals surface area (Å²) in [6, 6.07) is 0. The van der Waals surface area contributed by atoms with Crippen LogP contribution in [0.3, 0.4) is 0 Å². The molecule has 0 bridgehead atoms. The van der Waals surface area contributed by atoms with Gasteiger partial charge in [-0.25, -0.2) is 10.6 Å². The molecule has 0 unspecified atom stereocenters. The molecule has 7 N–H and O–H groups in total. The number of hydrogen-bond donors (Lipinski definition) is 4. The SMILES string of the molecule is CC(C)(C)OC(=O)NN.NN. The molecule has 1 amide bonds. The zero-order valence-corrected chi connectivity index (χ0v) is 7.05. The van der Waals surface area contributed by atoms with Gasteiger partial charge in [-0.1, -0.05) is 0 Å². The van der Waals surface area contributed by atoms with E-state index in [0.717, 1.165) is 0 Å². The number of ether oxygens (including phenoxy) is 1. The van der Waals surface area contributed by atoms with Crippen LogP contribution in [0.5, 0.6) is 0 Å². The summed E-state index contributed by atoms with van der Waals surface area (Å²) in [5.41, 5.74) is 1.39. The molecule has 6 nitrogen and oxygen atoms in total. The van der Waals surface area contributed by atoms with Crippen LogP contribution in [0, 0.1) is 0 Å². The van der Waals surface area contributed by atoms with E-state index in [1.54, 1.807) is 20.8 Å². The molecule has 0 aliphatic rings. The lowest BCUT2D eigenvalue weighted by Gasteiger charge is -2.18. The molecule has 0 radical (unpaired) electrons. The van der Waals surface area contributed by atoms with Crippen molar-refractivity contribution in [3.8, 4) is 0 Å². The quantitative estimate of drug-likeness (QED) is 0.212. The van der Waals surface area contributed by atoms with Crippen molar-refractivity contribution in [2.75, 3.05) is 0 Å². The number of hydrazine groups is 2. The van der Waals surface area contributed by atoms with Crippen LogP contribution < -0.4 is 23.0 Å². The summed E-state index contributed by atoms with van der Waals surface area (Å²) in [5, 5.41) is 0. The Bertz CT molecular complexity index is 110. The molecular weight excluding hydrogens is 148 g/mol. The average molecular weight is 164 g/mol. The second-order valence-corrected chi connectivity index (χ2v) is 2.65. The molecule has 0 spiro atoms. The normalized spacial score (nSPS) is 9.27. The van der Waals surface area contributed by atoms with Gasteiger partial charge in [0, 0.05) is 0 Å². The van der Waals surface area contributed by atoms with Crippen molar-refractivity contribution in [2.45, 2.75) is 26.4 Å². The van der Waals surface area contributed by atoms with Gasteiger partial charge in [0.25, 0.3) is 0 Å². The van der Waals surface area contributed by atoms with E-state index in [1.165, 1.54) is 0 Å². The van der Waals surface area contributed by atoms with E-state index in [-0.39, 0.29) is 0 Å². The molecule has 0 atom stereocenters. The fourth-order valence-corrected chi connectivity index (χ4v) is 0.308. The molecule has 68 valence electrons. The third kappa shape index (κ3) is 12.4. The maximum atomic E-state index is 10.4. The van der Waals surface area contributed by atoms with E-state index in [4.69, 9.17) is 10.6 Å². The zero-order chi connectivity index (χ0) is 9.49. The van der Waals surface area contributed by atoms with E-state index in [1.807, 2.05) is 5.43 Å². The van der Waals surface area contributed by atoms with E-state index >= 15 is 0 Å². The van der Waals surface area contributed by atoms with Crippen molar-refractivity contribution in [2.24, 2.45) is 17.5 Å². The molecule has 0 aromatic rings. The van der Waals surface area contributed by atoms with Crippen molar-refractivity contribution in [1.82, 2.24) is 5.43 Å². The molecule has 0 aromatic heterocycles. The summed E-state index contributed by atoms with van der Waals surface area (Å²) in [6.07, 6.45) is -0.609. The summed E-state index contributed by atoms with van der Waals surface area (Å²) >= 11 is 0. The highest BCUT2D eigenvalue weighted by Crippen LogP contribution is 2.05. The molecule has 0 aliphatic carbocycles. The minimum atomic E-state index is -0.609. The zero-order valence-electron chi connectivity index (χ0n) is 7.05. The Balaban J connectivity index is 0. The van der Waals surface area contributed by atoms with Crippen LogP contribution in [0.1, 0.15) is 20.8 Å². The monoisotopic (exact) mass is 164 g/mol. The summed E-state index contributed by atoms with van der Waals surface area (Å²) in [6.45, 7) is 5.30. The topological polar surface area (TPSA) is 116 Å². The first-order chi connectivity index (χ1) is 4.95. The third-order valence-corrected chi connectivity index (χ3v) is 0.517. The predicted octanol–water partition coefficient (Wildman–Crippen LogP) is -0.796. The van der Waals surface area contributed by atoms with Gasteiger partial charge in [0.15, 0.2) is 0 Å². The van der Waals surface area contributed by atoms with Gasteiger partial charge >= 0.3 is 6.09 Å². The third-order valence-electron chi connectivity index (χ3n) is 0.517. The maximum absolute atomic E-state index is 10.4. The van der Waals surface area contributed by atoms with Crippen LogP contribution in [-0.4, -0.2) is 11.7 Å². The highest BCUT2D eigenvalue weighted by atomic mass is 16.6. The summed E-state index contributed by atoms with van der Waals surface area (Å²) in [7, 11) is 0. The molecule has 0 aromatic carbocycles. The molecule has 0 aliphatic heterocycles. The standard InChI is InChI=1S/C5H12N2O2.H4N2/c1-5(2,3)9-4(8)7-6;1-2/h6H2,1-3H3,(H,7,8);1-2H2. The second kappa shape index (κ2) is 5.90. The molecule has 0 fully saturated rings. The maximum Gasteiger partial charge on any atom is 0.421 e. The molecule has 0 heterocycles. The smallest absolute Gasteiger partial charge is 0.421 e. The van der Waals surface area contributed by atoms with Crippen LogP contribution in [0.15, 0.2) is 0 Å². The van der Waals surface area contributed by atoms with E-state index in [2.05, 4.69) is 11.7 Å². The van der Waals surface area contributed by atoms with Gasteiger partial charge in [-0.3, -0.25) is 17.1 Å². The minimum absolute atomic E-state index is 0.469. The first kappa shape index (κ1) is 12.8. The van der Waals surface area contributed by atoms with Crippen molar-refractivity contribution in [3.05, 3.63) is 0 Å². The Morgan fingerprint density at radius 1 is 1.36 bits per heavy atom. The van der Waals surface area contributed by atoms with Crippen molar-refractivity contribution in [3.63, 3.8) is 0 Å². The van der Waals surface area contributed by atoms with Gasteiger partial charge < -0.3 is 4.74 Å². The van der Waals surface area contributed by atoms with Gasteiger partial charge in [0.1, 0.15) is 5.60 Å². The van der Waals surface area contributed by atoms with Gasteiger partial charge in [0.2, 0.25) is 0 Å². The summed E-state index contributed by atoms with van der Waals surface area (Å²) in [5.74, 6) is 12.8. The number of carbonyl (C=O) groups excluding carboxylic acids is 1. The van der Waals surface area contributed by atoms with Crippen LogP contribution in [0.25, 0.3) is 0 Å². The highest BCUT2D eigenvalue weighted by molar-refractivity contribution is 5.66. The van der Waals surface area contributed by atoms with E-state index < -0.39 is 11.7 Å². The van der Waals surface area contributed by atoms with Gasteiger partial charge in [-0.05, 0) is 20.8 Å². The van der Waals surface area contributed by atoms with E-state index in [9.17, 15) is 4.79 Å². The Labute approximate surface area is 66.0 Å². The Morgan fingerprint density at radius 2 is 1.73 bits per heavy atom. The largest absolute Gasteiger partial charge is 0.443 e. The average Bonchev–Trinajstić information content (AvgIpc) is 1.89. The summed E-state index contributed by atoms with van der Waals surface area (Å²) in [4.78, 5) is 10.4. The Kier molecular flexibility index (Phi) is 6.86. The van der Waals surface area contributed by atoms with Crippen LogP contribution in [-0.2, 0) is 4.74 Å². The molecule has 6 heteroatoms. The molecule has 0 saturated heterocycles. The van der Waals surface area contributed by atoms with Gasteiger partial charge in [-0.2, -0.15) is 0 Å². The first-order valence-electron chi connectivity index (χ1n) is 2.98. The van der Waals surface area contributed by atoms with Crippen LogP contribution in [0.2, 0.25) is 0 Å². The predicted molar refractivity (Wildman–Crippen MR) is 41.9 cm³/mol. The lowest BCUT2D eigenvalue weighted by Crippen LogP contribution is -2.36. The molecule has 0 rings (SSSR count). The number of amides is 1. The first-order valence-corrected chi connectivity index (χ1v) is 2.98. The number of hydrogen-bond acceptors (Lipinski definition) is 5. The highest BCUT2D eigenvalue weighted by Gasteiger charge is 2.14. The van der Waals surface area contributed by atoms with Crippen molar-refractivity contribution in [1.29, 1.82) is 0 Å². The number of nitrogens with one attached hydrogen (secondary N) is 1. The minimum Gasteiger partial charge on any atom is -0.443 e. The van der Waals surface area contributed by atoms with Crippen molar-refractivity contribution >= 4 is 6.09 Å². The number of carbonyl (C=O) groups is 1. The summed E-state index contributed by atoms with van der Waals surface area (Å²) < 4.78 is 4.71. The number of rotatable bonds is 0. The van der Waals surface area contributed by atoms with Crippen LogP contribution >= 0.6 is 0 Å². The lowest BCUT2D eigenvalue weighted by molar-refractivity contribution is 0.0527. The fourth-order valence-electron chi connectivity index (χ4n) is 0.308. The second-order valence-electron chi connectivity index (χ2n) is 2.65. The lowest BCUT2D eigenvalue weighted by atomic mass is 10.2. The fraction of sp³-hybridized carbons (Fsp3) is 0.800. The Morgan fingerprint density at radius 3 is 1.82 bits per heavy atom. The Hall–Kier alpha value is -0.850. The molecule has 11 heavy (non-hydrogen) atoms. The van der Waals surface area contributed by atoms with Gasteiger partial charge in [0.05, 0.1) is 0 Å². The van der Waals surface area contributed by atoms with Gasteiger partial charge in [-0.15, -0.1) is 0 Å². The van der Waals surface area contributed by atoms with Crippen LogP contribution in [0.4, 0.5) is 4.79 Å². The molecule has 0 saturated carbocycles.